The van der Waals surface area contributed by atoms with Gasteiger partial charge in [0.15, 0.2) is 0 Å². The highest BCUT2D eigenvalue weighted by Crippen LogP contribution is 2.30. The van der Waals surface area contributed by atoms with Crippen molar-refractivity contribution in [1.82, 2.24) is 15.0 Å². The van der Waals surface area contributed by atoms with E-state index in [1.807, 2.05) is 6.07 Å². The molecule has 8 heteroatoms. The number of nitriles is 1. The van der Waals surface area contributed by atoms with E-state index in [9.17, 15) is 14.5 Å². The summed E-state index contributed by atoms with van der Waals surface area (Å²) in [5, 5.41) is 14.2. The molecule has 29 heavy (non-hydrogen) atoms. The van der Waals surface area contributed by atoms with E-state index in [0.29, 0.717) is 21.5 Å². The normalized spacial score (nSPS) is 10.8. The molecule has 4 aromatic rings. The van der Waals surface area contributed by atoms with Gasteiger partial charge in [-0.05, 0) is 35.9 Å². The zero-order chi connectivity index (χ0) is 20.5. The van der Waals surface area contributed by atoms with E-state index in [4.69, 9.17) is 17.3 Å². The number of hydrogen-bond acceptors (Lipinski definition) is 5. The van der Waals surface area contributed by atoms with Gasteiger partial charge in [-0.2, -0.15) is 5.26 Å². The molecule has 0 radical (unpaired) electrons. The molecule has 0 aliphatic heterocycles. The monoisotopic (exact) mass is 405 g/mol. The van der Waals surface area contributed by atoms with Gasteiger partial charge in [0.2, 0.25) is 0 Å². The third-order valence-electron chi connectivity index (χ3n) is 4.61. The van der Waals surface area contributed by atoms with Crippen molar-refractivity contribution in [2.75, 3.05) is 0 Å². The van der Waals surface area contributed by atoms with Gasteiger partial charge in [0, 0.05) is 46.0 Å². The van der Waals surface area contributed by atoms with Crippen LogP contribution in [0.2, 0.25) is 5.02 Å². The van der Waals surface area contributed by atoms with Crippen LogP contribution < -0.4 is 11.3 Å². The van der Waals surface area contributed by atoms with Gasteiger partial charge in [0.1, 0.15) is 0 Å². The molecule has 142 valence electrons. The van der Waals surface area contributed by atoms with Crippen LogP contribution in [0.4, 0.5) is 4.48 Å². The molecular weight excluding hydrogens is 393 g/mol. The molecule has 0 fully saturated rings. The van der Waals surface area contributed by atoms with E-state index in [2.05, 4.69) is 16.2 Å². The van der Waals surface area contributed by atoms with Gasteiger partial charge >= 0.3 is 5.56 Å². The molecule has 6 nitrogen and oxygen atoms in total. The molecule has 0 amide bonds. The van der Waals surface area contributed by atoms with Crippen LogP contribution in [0.15, 0.2) is 59.7 Å². The zero-order valence-corrected chi connectivity index (χ0v) is 15.7. The van der Waals surface area contributed by atoms with Gasteiger partial charge in [-0.15, -0.1) is 5.10 Å². The first kappa shape index (κ1) is 18.7. The van der Waals surface area contributed by atoms with Crippen molar-refractivity contribution in [2.45, 2.75) is 6.54 Å². The lowest BCUT2D eigenvalue weighted by atomic mass is 9.97. The van der Waals surface area contributed by atoms with Crippen molar-refractivity contribution < 1.29 is 4.48 Å². The number of nitrogens with zero attached hydrogens (tertiary/aromatic N) is 4. The predicted octanol–water partition coefficient (Wildman–Crippen LogP) is 3.84. The first-order chi connectivity index (χ1) is 14.0. The highest BCUT2D eigenvalue weighted by molar-refractivity contribution is 6.30. The van der Waals surface area contributed by atoms with Crippen molar-refractivity contribution in [1.29, 1.82) is 5.26 Å². The Kier molecular flexibility index (Phi) is 4.80. The van der Waals surface area contributed by atoms with Gasteiger partial charge in [-0.3, -0.25) is 9.78 Å². The van der Waals surface area contributed by atoms with Gasteiger partial charge in [-0.1, -0.05) is 33.1 Å². The molecule has 0 unspecified atom stereocenters. The van der Waals surface area contributed by atoms with Crippen LogP contribution in [-0.4, -0.2) is 15.0 Å². The van der Waals surface area contributed by atoms with Gasteiger partial charge in [0.25, 0.3) is 0 Å². The SMILES string of the molecule is N#Cc1cc(Cl)ccc1-c1cncc(-c2ccc3c(=O)n(F)nc(CN)c3c2)c1. The number of nitrogens with two attached hydrogens (primary N) is 1. The molecule has 0 spiro atoms. The number of rotatable bonds is 3. The summed E-state index contributed by atoms with van der Waals surface area (Å²) in [5.41, 5.74) is 8.51. The Hall–Kier alpha value is -3.60. The fourth-order valence-corrected chi connectivity index (χ4v) is 3.38. The third-order valence-corrected chi connectivity index (χ3v) is 4.85. The maximum atomic E-state index is 13.7. The van der Waals surface area contributed by atoms with E-state index < -0.39 is 5.56 Å². The van der Waals surface area contributed by atoms with Crippen molar-refractivity contribution in [2.24, 2.45) is 5.73 Å². The van der Waals surface area contributed by atoms with Crippen LogP contribution in [0.5, 0.6) is 0 Å². The average Bonchev–Trinajstić information content (AvgIpc) is 2.75. The molecule has 2 N–H and O–H groups in total. The molecule has 2 aromatic heterocycles. The third kappa shape index (κ3) is 3.36. The minimum absolute atomic E-state index is 0.0151. The Morgan fingerprint density at radius 1 is 1.07 bits per heavy atom. The topological polar surface area (TPSA) is 97.6 Å². The second kappa shape index (κ2) is 7.43. The summed E-state index contributed by atoms with van der Waals surface area (Å²) < 4.78 is 13.7. The first-order valence-corrected chi connectivity index (χ1v) is 8.97. The summed E-state index contributed by atoms with van der Waals surface area (Å²) in [5.74, 6) is 0. The standard InChI is InChI=1S/C21H13ClFN5O/c22-16-2-4-17(13(6-16)8-24)15-5-14(10-26-11-15)12-1-3-18-19(7-12)20(9-25)27-28(23)21(18)29/h1-7,10-11H,9,25H2. The number of pyridine rings is 1. The Morgan fingerprint density at radius 3 is 2.62 bits per heavy atom. The lowest BCUT2D eigenvalue weighted by Gasteiger charge is -2.09. The van der Waals surface area contributed by atoms with Crippen LogP contribution >= 0.6 is 11.6 Å². The maximum absolute atomic E-state index is 13.7. The Morgan fingerprint density at radius 2 is 1.86 bits per heavy atom. The quantitative estimate of drug-likeness (QED) is 0.558. The van der Waals surface area contributed by atoms with Crippen molar-refractivity contribution in [3.8, 4) is 28.3 Å². The van der Waals surface area contributed by atoms with Crippen molar-refractivity contribution >= 4 is 22.4 Å². The Bertz CT molecular complexity index is 1360. The second-order valence-electron chi connectivity index (χ2n) is 6.34. The minimum atomic E-state index is -0.838. The summed E-state index contributed by atoms with van der Waals surface area (Å²) in [6.07, 6.45) is 3.32. The average molecular weight is 406 g/mol. The lowest BCUT2D eigenvalue weighted by molar-refractivity contribution is 0.294. The van der Waals surface area contributed by atoms with E-state index in [1.165, 1.54) is 0 Å². The van der Waals surface area contributed by atoms with Gasteiger partial charge < -0.3 is 5.73 Å². The van der Waals surface area contributed by atoms with Crippen molar-refractivity contribution in [3.63, 3.8) is 0 Å². The van der Waals surface area contributed by atoms with E-state index >= 15 is 0 Å². The summed E-state index contributed by atoms with van der Waals surface area (Å²) in [6.45, 7) is -0.0151. The van der Waals surface area contributed by atoms with E-state index in [0.717, 1.165) is 16.7 Å². The van der Waals surface area contributed by atoms with Crippen LogP contribution in [0.3, 0.4) is 0 Å². The molecule has 2 aromatic carbocycles. The van der Waals surface area contributed by atoms with Gasteiger partial charge in [-0.25, -0.2) is 0 Å². The van der Waals surface area contributed by atoms with Crippen LogP contribution in [-0.2, 0) is 6.54 Å². The van der Waals surface area contributed by atoms with Crippen molar-refractivity contribution in [3.05, 3.63) is 81.5 Å². The minimum Gasteiger partial charge on any atom is -0.325 e. The van der Waals surface area contributed by atoms with Crippen LogP contribution in [0.1, 0.15) is 11.3 Å². The first-order valence-electron chi connectivity index (χ1n) is 8.59. The molecule has 0 saturated heterocycles. The molecule has 0 aliphatic carbocycles. The predicted molar refractivity (Wildman–Crippen MR) is 109 cm³/mol. The molecule has 0 saturated carbocycles. The second-order valence-corrected chi connectivity index (χ2v) is 6.78. The molecular formula is C21H13ClFN5O. The largest absolute Gasteiger partial charge is 0.325 e. The smallest absolute Gasteiger partial charge is 0.305 e. The van der Waals surface area contributed by atoms with E-state index in [1.54, 1.807) is 48.8 Å². The Balaban J connectivity index is 1.88. The number of benzene rings is 2. The zero-order valence-electron chi connectivity index (χ0n) is 14.9. The summed E-state index contributed by atoms with van der Waals surface area (Å²) in [6, 6.07) is 14.1. The molecule has 0 atom stereocenters. The Labute approximate surface area is 169 Å². The number of halogens is 2. The highest BCUT2D eigenvalue weighted by atomic mass is 35.5. The van der Waals surface area contributed by atoms with Crippen LogP contribution in [0.25, 0.3) is 33.0 Å². The highest BCUT2D eigenvalue weighted by Gasteiger charge is 2.12. The molecule has 0 aliphatic rings. The van der Waals surface area contributed by atoms with Crippen LogP contribution in [0, 0.1) is 11.3 Å². The molecule has 0 bridgehead atoms. The fraction of sp³-hybridized carbons (Fsp3) is 0.0476. The number of fused-ring (bicyclic) bond motifs is 1. The molecule has 2 heterocycles. The maximum Gasteiger partial charge on any atom is 0.305 e. The summed E-state index contributed by atoms with van der Waals surface area (Å²) in [4.78, 5) is 16.1. The lowest BCUT2D eigenvalue weighted by Crippen LogP contribution is -2.20. The number of aromatic nitrogens is 3. The van der Waals surface area contributed by atoms with E-state index in [-0.39, 0.29) is 22.5 Å². The molecule has 4 rings (SSSR count). The fourth-order valence-electron chi connectivity index (χ4n) is 3.21. The van der Waals surface area contributed by atoms with Gasteiger partial charge in [0.05, 0.1) is 22.7 Å². The summed E-state index contributed by atoms with van der Waals surface area (Å²) >= 11 is 5.98. The number of hydrogen-bond donors (Lipinski definition) is 1. The summed E-state index contributed by atoms with van der Waals surface area (Å²) in [7, 11) is 0.